The fourth-order valence-corrected chi connectivity index (χ4v) is 7.23. The van der Waals surface area contributed by atoms with E-state index in [0.29, 0.717) is 58.2 Å². The van der Waals surface area contributed by atoms with Crippen LogP contribution in [0.3, 0.4) is 0 Å². The molecule has 3 N–H and O–H groups in total. The summed E-state index contributed by atoms with van der Waals surface area (Å²) < 4.78 is 24.8. The van der Waals surface area contributed by atoms with Crippen molar-refractivity contribution in [3.63, 3.8) is 0 Å². The summed E-state index contributed by atoms with van der Waals surface area (Å²) in [4.78, 5) is 14.7. The van der Waals surface area contributed by atoms with Gasteiger partial charge in [-0.05, 0) is 31.5 Å². The first-order valence-corrected chi connectivity index (χ1v) is 14.4. The molecule has 0 amide bonds. The molecular formula is C25H32N7O3P. The Balaban J connectivity index is 1.40. The molecule has 10 nitrogen and oxygen atoms in total. The number of anilines is 3. The van der Waals surface area contributed by atoms with E-state index in [1.54, 1.807) is 13.3 Å². The summed E-state index contributed by atoms with van der Waals surface area (Å²) in [6.45, 7) is 7.36. The van der Waals surface area contributed by atoms with E-state index in [9.17, 15) is 9.83 Å². The molecule has 2 aromatic heterocycles. The molecular weight excluding hydrogens is 477 g/mol. The summed E-state index contributed by atoms with van der Waals surface area (Å²) >= 11 is 0. The van der Waals surface area contributed by atoms with Crippen LogP contribution in [0.4, 0.5) is 17.5 Å². The number of rotatable bonds is 8. The van der Waals surface area contributed by atoms with Crippen LogP contribution in [0.2, 0.25) is 0 Å². The van der Waals surface area contributed by atoms with Gasteiger partial charge in [0.2, 0.25) is 5.95 Å². The summed E-state index contributed by atoms with van der Waals surface area (Å²) in [6, 6.07) is 8.53. The zero-order valence-corrected chi connectivity index (χ0v) is 21.8. The lowest BCUT2D eigenvalue weighted by atomic mass is 10.2. The quantitative estimate of drug-likeness (QED) is 0.391. The number of H-pyrrole nitrogens is 1. The number of hydrogen-bond acceptors (Lipinski definition) is 9. The number of aromatic amines is 1. The van der Waals surface area contributed by atoms with Gasteiger partial charge in [0.05, 0.1) is 43.0 Å². The first-order chi connectivity index (χ1) is 17.4. The SMILES string of the molecule is CC[C@@H](C)Nc1nc(Nc2ccc(P3(=O)CCN(C4COC4)CC3)cc2OC)nc2[nH]cc(C#N)c12. The lowest BCUT2D eigenvalue weighted by Gasteiger charge is -2.41. The third kappa shape index (κ3) is 4.66. The van der Waals surface area contributed by atoms with Crippen LogP contribution >= 0.6 is 7.14 Å². The van der Waals surface area contributed by atoms with Crippen molar-refractivity contribution in [2.75, 3.05) is 56.4 Å². The molecule has 11 heteroatoms. The van der Waals surface area contributed by atoms with Gasteiger partial charge in [-0.15, -0.1) is 0 Å². The van der Waals surface area contributed by atoms with E-state index in [1.807, 2.05) is 18.2 Å². The first kappa shape index (κ1) is 24.6. The van der Waals surface area contributed by atoms with Crippen molar-refractivity contribution in [2.45, 2.75) is 32.4 Å². The number of fused-ring (bicyclic) bond motifs is 1. The highest BCUT2D eigenvalue weighted by atomic mass is 31.2. The van der Waals surface area contributed by atoms with E-state index in [4.69, 9.17) is 9.47 Å². The first-order valence-electron chi connectivity index (χ1n) is 12.4. The molecule has 0 bridgehead atoms. The van der Waals surface area contributed by atoms with Crippen LogP contribution in [0, 0.1) is 11.3 Å². The largest absolute Gasteiger partial charge is 0.495 e. The Kier molecular flexibility index (Phi) is 6.89. The molecule has 2 aliphatic rings. The highest BCUT2D eigenvalue weighted by Crippen LogP contribution is 2.48. The molecule has 1 atom stereocenters. The maximum atomic E-state index is 13.8. The van der Waals surface area contributed by atoms with Crippen molar-refractivity contribution in [3.05, 3.63) is 30.0 Å². The average Bonchev–Trinajstić information content (AvgIpc) is 3.28. The second kappa shape index (κ2) is 10.1. The van der Waals surface area contributed by atoms with Crippen LogP contribution < -0.4 is 20.7 Å². The Morgan fingerprint density at radius 3 is 2.75 bits per heavy atom. The van der Waals surface area contributed by atoms with E-state index in [1.165, 1.54) is 0 Å². The predicted molar refractivity (Wildman–Crippen MR) is 141 cm³/mol. The van der Waals surface area contributed by atoms with Crippen LogP contribution in [0.5, 0.6) is 5.75 Å². The lowest BCUT2D eigenvalue weighted by molar-refractivity contribution is -0.0620. The van der Waals surface area contributed by atoms with Crippen LogP contribution in [0.15, 0.2) is 24.4 Å². The summed E-state index contributed by atoms with van der Waals surface area (Å²) in [7, 11) is -0.899. The van der Waals surface area contributed by atoms with Crippen LogP contribution in [0.1, 0.15) is 25.8 Å². The molecule has 3 aromatic rings. The second-order valence-corrected chi connectivity index (χ2v) is 12.7. The fourth-order valence-electron chi connectivity index (χ4n) is 4.64. The summed E-state index contributed by atoms with van der Waals surface area (Å²) in [5.74, 6) is 1.55. The zero-order valence-electron chi connectivity index (χ0n) is 20.9. The topological polar surface area (TPSA) is 128 Å². The van der Waals surface area contributed by atoms with E-state index >= 15 is 0 Å². The molecule has 0 saturated carbocycles. The van der Waals surface area contributed by atoms with E-state index in [-0.39, 0.29) is 6.04 Å². The van der Waals surface area contributed by atoms with Gasteiger partial charge in [-0.25, -0.2) is 0 Å². The van der Waals surface area contributed by atoms with Gasteiger partial charge in [-0.2, -0.15) is 15.2 Å². The number of nitrogens with zero attached hydrogens (tertiary/aromatic N) is 4. The molecule has 2 saturated heterocycles. The minimum absolute atomic E-state index is 0.173. The maximum Gasteiger partial charge on any atom is 0.231 e. The van der Waals surface area contributed by atoms with Crippen molar-refractivity contribution in [1.29, 1.82) is 5.26 Å². The van der Waals surface area contributed by atoms with Crippen LogP contribution in [0.25, 0.3) is 11.0 Å². The highest BCUT2D eigenvalue weighted by molar-refractivity contribution is 7.71. The third-order valence-electron chi connectivity index (χ3n) is 7.18. The number of benzene rings is 1. The molecule has 190 valence electrons. The normalized spacial score (nSPS) is 18.8. The Morgan fingerprint density at radius 1 is 1.33 bits per heavy atom. The van der Waals surface area contributed by atoms with Crippen molar-refractivity contribution in [2.24, 2.45) is 0 Å². The van der Waals surface area contributed by atoms with E-state index in [0.717, 1.165) is 38.0 Å². The average molecular weight is 510 g/mol. The second-order valence-electron chi connectivity index (χ2n) is 9.46. The van der Waals surface area contributed by atoms with Gasteiger partial charge in [-0.1, -0.05) is 6.92 Å². The molecule has 0 spiro atoms. The molecule has 0 aliphatic carbocycles. The summed E-state index contributed by atoms with van der Waals surface area (Å²) in [5.41, 5.74) is 1.74. The van der Waals surface area contributed by atoms with Gasteiger partial charge in [0.15, 0.2) is 0 Å². The van der Waals surface area contributed by atoms with Gasteiger partial charge in [0.25, 0.3) is 0 Å². The minimum Gasteiger partial charge on any atom is -0.495 e. The highest BCUT2D eigenvalue weighted by Gasteiger charge is 2.35. The van der Waals surface area contributed by atoms with Crippen molar-refractivity contribution in [1.82, 2.24) is 19.9 Å². The Morgan fingerprint density at radius 2 is 2.11 bits per heavy atom. The molecule has 4 heterocycles. The van der Waals surface area contributed by atoms with Gasteiger partial charge in [0, 0.05) is 43.0 Å². The van der Waals surface area contributed by atoms with E-state index in [2.05, 4.69) is 50.4 Å². The Labute approximate surface area is 210 Å². The maximum absolute atomic E-state index is 13.8. The van der Waals surface area contributed by atoms with E-state index < -0.39 is 7.14 Å². The molecule has 2 aliphatic heterocycles. The number of aromatic nitrogens is 3. The smallest absolute Gasteiger partial charge is 0.231 e. The number of methoxy groups -OCH3 is 1. The third-order valence-corrected chi connectivity index (χ3v) is 10.2. The number of hydrogen-bond donors (Lipinski definition) is 3. The van der Waals surface area contributed by atoms with Gasteiger partial charge < -0.3 is 29.7 Å². The van der Waals surface area contributed by atoms with Gasteiger partial charge in [-0.3, -0.25) is 4.90 Å². The summed E-state index contributed by atoms with van der Waals surface area (Å²) in [5, 5.41) is 17.7. The Hall–Kier alpha value is -3.12. The summed E-state index contributed by atoms with van der Waals surface area (Å²) in [6.07, 6.45) is 3.87. The van der Waals surface area contributed by atoms with Crippen LogP contribution in [-0.4, -0.2) is 77.7 Å². The molecule has 1 aromatic carbocycles. The number of nitrogens with one attached hydrogen (secondary N) is 3. The molecule has 5 rings (SSSR count). The fraction of sp³-hybridized carbons (Fsp3) is 0.480. The molecule has 0 unspecified atom stereocenters. The van der Waals surface area contributed by atoms with Crippen LogP contribution in [-0.2, 0) is 9.30 Å². The van der Waals surface area contributed by atoms with Gasteiger partial charge in [0.1, 0.15) is 30.4 Å². The minimum atomic E-state index is -2.50. The molecule has 2 fully saturated rings. The monoisotopic (exact) mass is 509 g/mol. The van der Waals surface area contributed by atoms with Crippen molar-refractivity contribution < 1.29 is 14.0 Å². The molecule has 36 heavy (non-hydrogen) atoms. The number of ether oxygens (including phenoxy) is 2. The van der Waals surface area contributed by atoms with Crippen molar-refractivity contribution in [3.8, 4) is 11.8 Å². The van der Waals surface area contributed by atoms with Gasteiger partial charge >= 0.3 is 0 Å². The zero-order chi connectivity index (χ0) is 25.3. The predicted octanol–water partition coefficient (Wildman–Crippen LogP) is 3.49. The Bertz CT molecular complexity index is 1340. The number of nitriles is 1. The lowest BCUT2D eigenvalue weighted by Crippen LogP contribution is -2.52. The van der Waals surface area contributed by atoms with Crippen molar-refractivity contribution >= 4 is 40.9 Å². The molecule has 0 radical (unpaired) electrons. The standard InChI is InChI=1S/C25H32N7O3P/c1-4-16(2)28-24-22-17(12-26)13-27-23(22)30-25(31-24)29-20-6-5-19(11-21(20)34-3)36(33)9-7-32(8-10-36)18-14-35-15-18/h5-6,11,13,16,18H,4,7-10,14-15H2,1-3H3,(H3,27,28,29,30,31)/t16-/m1/s1.